The van der Waals surface area contributed by atoms with E-state index >= 15 is 0 Å². The smallest absolute Gasteiger partial charge is 0.237 e. The van der Waals surface area contributed by atoms with Crippen LogP contribution >= 0.6 is 0 Å². The zero-order chi connectivity index (χ0) is 11.3. The fourth-order valence-electron chi connectivity index (χ4n) is 1.11. The standard InChI is InChI=1S/C11H13N3O/c1-8(6-12)11(15)14-9(2)10-4-3-5-13-7-10/h3-5,7-9H,1-2H3,(H,14,15). The van der Waals surface area contributed by atoms with E-state index in [1.165, 1.54) is 0 Å². The van der Waals surface area contributed by atoms with Crippen LogP contribution in [-0.4, -0.2) is 10.9 Å². The maximum atomic E-state index is 11.4. The average molecular weight is 203 g/mol. The van der Waals surface area contributed by atoms with Crippen molar-refractivity contribution in [3.8, 4) is 6.07 Å². The summed E-state index contributed by atoms with van der Waals surface area (Å²) in [6.07, 6.45) is 3.37. The number of rotatable bonds is 3. The molecule has 0 aliphatic heterocycles. The lowest BCUT2D eigenvalue weighted by Crippen LogP contribution is -2.30. The zero-order valence-electron chi connectivity index (χ0n) is 8.77. The molecule has 0 fully saturated rings. The molecule has 0 aliphatic rings. The van der Waals surface area contributed by atoms with Crippen molar-refractivity contribution in [3.63, 3.8) is 0 Å². The second-order valence-corrected chi connectivity index (χ2v) is 3.37. The Kier molecular flexibility index (Phi) is 3.81. The Balaban J connectivity index is 2.61. The van der Waals surface area contributed by atoms with Gasteiger partial charge in [-0.1, -0.05) is 6.07 Å². The third kappa shape index (κ3) is 3.06. The van der Waals surface area contributed by atoms with Gasteiger partial charge in [0.05, 0.1) is 12.1 Å². The van der Waals surface area contributed by atoms with Crippen LogP contribution < -0.4 is 5.32 Å². The molecule has 78 valence electrons. The lowest BCUT2D eigenvalue weighted by molar-refractivity contribution is -0.123. The maximum Gasteiger partial charge on any atom is 0.237 e. The van der Waals surface area contributed by atoms with Gasteiger partial charge in [-0.3, -0.25) is 9.78 Å². The molecule has 1 aromatic rings. The maximum absolute atomic E-state index is 11.4. The number of amides is 1. The van der Waals surface area contributed by atoms with Crippen molar-refractivity contribution in [1.82, 2.24) is 10.3 Å². The molecule has 1 heterocycles. The van der Waals surface area contributed by atoms with E-state index in [4.69, 9.17) is 5.26 Å². The van der Waals surface area contributed by atoms with Gasteiger partial charge < -0.3 is 5.32 Å². The predicted molar refractivity (Wildman–Crippen MR) is 55.6 cm³/mol. The summed E-state index contributed by atoms with van der Waals surface area (Å²) < 4.78 is 0. The molecule has 0 bridgehead atoms. The average Bonchev–Trinajstić information content (AvgIpc) is 2.29. The van der Waals surface area contributed by atoms with Gasteiger partial charge in [0.25, 0.3) is 0 Å². The molecule has 0 spiro atoms. The molecule has 0 aromatic carbocycles. The van der Waals surface area contributed by atoms with Crippen LogP contribution in [0.5, 0.6) is 0 Å². The second kappa shape index (κ2) is 5.11. The van der Waals surface area contributed by atoms with Crippen molar-refractivity contribution in [2.24, 2.45) is 5.92 Å². The van der Waals surface area contributed by atoms with E-state index in [1.807, 2.05) is 25.1 Å². The Hall–Kier alpha value is -1.89. The first-order valence-corrected chi connectivity index (χ1v) is 4.75. The summed E-state index contributed by atoms with van der Waals surface area (Å²) in [5.41, 5.74) is 0.927. The number of nitriles is 1. The van der Waals surface area contributed by atoms with Crippen LogP contribution in [0.15, 0.2) is 24.5 Å². The van der Waals surface area contributed by atoms with Crippen LogP contribution in [0.1, 0.15) is 25.5 Å². The molecule has 0 saturated heterocycles. The van der Waals surface area contributed by atoms with Gasteiger partial charge in [-0.15, -0.1) is 0 Å². The monoisotopic (exact) mass is 203 g/mol. The molecule has 1 rings (SSSR count). The van der Waals surface area contributed by atoms with Crippen molar-refractivity contribution >= 4 is 5.91 Å². The highest BCUT2D eigenvalue weighted by Gasteiger charge is 2.14. The summed E-state index contributed by atoms with van der Waals surface area (Å²) in [4.78, 5) is 15.4. The summed E-state index contributed by atoms with van der Waals surface area (Å²) >= 11 is 0. The minimum absolute atomic E-state index is 0.123. The first kappa shape index (κ1) is 11.2. The van der Waals surface area contributed by atoms with Gasteiger partial charge in [-0.25, -0.2) is 0 Å². The van der Waals surface area contributed by atoms with E-state index in [2.05, 4.69) is 10.3 Å². The number of pyridine rings is 1. The molecule has 1 amide bonds. The number of nitrogens with one attached hydrogen (secondary N) is 1. The summed E-state index contributed by atoms with van der Waals surface area (Å²) in [6.45, 7) is 3.43. The minimum Gasteiger partial charge on any atom is -0.348 e. The van der Waals surface area contributed by atoms with E-state index in [0.29, 0.717) is 0 Å². The second-order valence-electron chi connectivity index (χ2n) is 3.37. The van der Waals surface area contributed by atoms with Gasteiger partial charge in [-0.05, 0) is 25.5 Å². The van der Waals surface area contributed by atoms with Crippen molar-refractivity contribution in [2.75, 3.05) is 0 Å². The van der Waals surface area contributed by atoms with Crippen molar-refractivity contribution < 1.29 is 4.79 Å². The first-order valence-electron chi connectivity index (χ1n) is 4.75. The molecule has 0 aliphatic carbocycles. The van der Waals surface area contributed by atoms with Crippen molar-refractivity contribution in [1.29, 1.82) is 5.26 Å². The number of hydrogen-bond donors (Lipinski definition) is 1. The van der Waals surface area contributed by atoms with E-state index in [0.717, 1.165) is 5.56 Å². The SMILES string of the molecule is CC(C#N)C(=O)NC(C)c1cccnc1. The van der Waals surface area contributed by atoms with E-state index in [-0.39, 0.29) is 11.9 Å². The number of carbonyl (C=O) groups is 1. The van der Waals surface area contributed by atoms with Gasteiger partial charge in [0.1, 0.15) is 5.92 Å². The Morgan fingerprint density at radius 1 is 1.60 bits per heavy atom. The largest absolute Gasteiger partial charge is 0.348 e. The van der Waals surface area contributed by atoms with Crippen LogP contribution in [0, 0.1) is 17.2 Å². The Bertz CT molecular complexity index is 369. The summed E-state index contributed by atoms with van der Waals surface area (Å²) in [7, 11) is 0. The number of carbonyl (C=O) groups excluding carboxylic acids is 1. The van der Waals surface area contributed by atoms with Crippen LogP contribution in [0.25, 0.3) is 0 Å². The zero-order valence-corrected chi connectivity index (χ0v) is 8.77. The van der Waals surface area contributed by atoms with Crippen LogP contribution in [0.2, 0.25) is 0 Å². The van der Waals surface area contributed by atoms with Gasteiger partial charge in [0.2, 0.25) is 5.91 Å². The minimum atomic E-state index is -0.621. The quantitative estimate of drug-likeness (QED) is 0.807. The number of aromatic nitrogens is 1. The highest BCUT2D eigenvalue weighted by Crippen LogP contribution is 2.10. The van der Waals surface area contributed by atoms with Gasteiger partial charge >= 0.3 is 0 Å². The molecule has 2 unspecified atom stereocenters. The molecular formula is C11H13N3O. The molecule has 4 heteroatoms. The molecular weight excluding hydrogens is 190 g/mol. The molecule has 0 saturated carbocycles. The Morgan fingerprint density at radius 3 is 2.87 bits per heavy atom. The molecule has 4 nitrogen and oxygen atoms in total. The third-order valence-corrected chi connectivity index (χ3v) is 2.13. The first-order chi connectivity index (χ1) is 7.15. The lowest BCUT2D eigenvalue weighted by Gasteiger charge is -2.14. The van der Waals surface area contributed by atoms with E-state index in [1.54, 1.807) is 19.3 Å². The fourth-order valence-corrected chi connectivity index (χ4v) is 1.11. The number of hydrogen-bond acceptors (Lipinski definition) is 3. The molecule has 0 radical (unpaired) electrons. The lowest BCUT2D eigenvalue weighted by atomic mass is 10.1. The predicted octanol–water partition coefficient (Wildman–Crippen LogP) is 1.42. The van der Waals surface area contributed by atoms with Crippen LogP contribution in [0.3, 0.4) is 0 Å². The Morgan fingerprint density at radius 2 is 2.33 bits per heavy atom. The van der Waals surface area contributed by atoms with Gasteiger partial charge in [-0.2, -0.15) is 5.26 Å². The van der Waals surface area contributed by atoms with E-state index < -0.39 is 5.92 Å². The highest BCUT2D eigenvalue weighted by molar-refractivity contribution is 5.80. The summed E-state index contributed by atoms with van der Waals surface area (Å²) in [5.74, 6) is -0.877. The van der Waals surface area contributed by atoms with E-state index in [9.17, 15) is 4.79 Å². The normalized spacial score (nSPS) is 13.7. The van der Waals surface area contributed by atoms with Crippen molar-refractivity contribution in [2.45, 2.75) is 19.9 Å². The van der Waals surface area contributed by atoms with Crippen LogP contribution in [0.4, 0.5) is 0 Å². The molecule has 1 aromatic heterocycles. The van der Waals surface area contributed by atoms with Crippen LogP contribution in [-0.2, 0) is 4.79 Å². The molecule has 2 atom stereocenters. The molecule has 15 heavy (non-hydrogen) atoms. The van der Waals surface area contributed by atoms with Crippen molar-refractivity contribution in [3.05, 3.63) is 30.1 Å². The van der Waals surface area contributed by atoms with Gasteiger partial charge in [0, 0.05) is 12.4 Å². The fraction of sp³-hybridized carbons (Fsp3) is 0.364. The highest BCUT2D eigenvalue weighted by atomic mass is 16.1. The third-order valence-electron chi connectivity index (χ3n) is 2.13. The Labute approximate surface area is 88.9 Å². The molecule has 1 N–H and O–H groups in total. The number of nitrogens with zero attached hydrogens (tertiary/aromatic N) is 2. The summed E-state index contributed by atoms with van der Waals surface area (Å²) in [6, 6.07) is 5.47. The van der Waals surface area contributed by atoms with Gasteiger partial charge in [0.15, 0.2) is 0 Å². The topological polar surface area (TPSA) is 65.8 Å². The summed E-state index contributed by atoms with van der Waals surface area (Å²) in [5, 5.41) is 11.3.